The van der Waals surface area contributed by atoms with Gasteiger partial charge in [-0.3, -0.25) is 19.7 Å². The van der Waals surface area contributed by atoms with Crippen LogP contribution in [0.15, 0.2) is 54.2 Å². The Bertz CT molecular complexity index is 1150. The highest BCUT2D eigenvalue weighted by molar-refractivity contribution is 6.45. The zero-order valence-electron chi connectivity index (χ0n) is 17.1. The molecule has 9 heteroatoms. The van der Waals surface area contributed by atoms with Crippen LogP contribution in [0.4, 0.5) is 11.4 Å². The van der Waals surface area contributed by atoms with Crippen LogP contribution in [0.2, 0.25) is 0 Å². The number of carbonyl (C=O) groups excluding carboxylic acids is 2. The number of likely N-dealkylation sites (tertiary alicyclic amines) is 1. The molecular formula is C23H20N4O5. The number of nitrogens with zero attached hydrogens (tertiary/aromatic N) is 4. The van der Waals surface area contributed by atoms with E-state index in [0.29, 0.717) is 29.9 Å². The van der Waals surface area contributed by atoms with Gasteiger partial charge in [-0.15, -0.1) is 0 Å². The van der Waals surface area contributed by atoms with Gasteiger partial charge in [0.2, 0.25) is 0 Å². The zero-order valence-corrected chi connectivity index (χ0v) is 17.1. The maximum Gasteiger partial charge on any atom is 0.282 e. The lowest BCUT2D eigenvalue weighted by Gasteiger charge is -2.34. The lowest BCUT2D eigenvalue weighted by molar-refractivity contribution is -0.384. The Morgan fingerprint density at radius 1 is 1.09 bits per heavy atom. The van der Waals surface area contributed by atoms with Crippen molar-refractivity contribution in [1.82, 2.24) is 4.90 Å². The number of imide groups is 1. The largest absolute Gasteiger partial charge is 0.396 e. The number of hydrogen-bond acceptors (Lipinski definition) is 7. The molecule has 0 bridgehead atoms. The van der Waals surface area contributed by atoms with E-state index in [0.717, 1.165) is 17.7 Å². The summed E-state index contributed by atoms with van der Waals surface area (Å²) in [6, 6.07) is 13.7. The first-order valence-corrected chi connectivity index (χ1v) is 10.2. The minimum Gasteiger partial charge on any atom is -0.396 e. The molecule has 2 heterocycles. The summed E-state index contributed by atoms with van der Waals surface area (Å²) in [7, 11) is 0. The van der Waals surface area contributed by atoms with Gasteiger partial charge in [0, 0.05) is 31.8 Å². The summed E-state index contributed by atoms with van der Waals surface area (Å²) < 4.78 is 0. The van der Waals surface area contributed by atoms with Gasteiger partial charge in [0.15, 0.2) is 0 Å². The molecule has 9 nitrogen and oxygen atoms in total. The van der Waals surface area contributed by atoms with Crippen LogP contribution in [0, 0.1) is 27.4 Å². The van der Waals surface area contributed by atoms with E-state index in [1.165, 1.54) is 48.5 Å². The SMILES string of the molecule is N#Cc1ccc(N2C(=O)C(c3ccc([N+](=O)[O-])cc3)=C(N3CCCC(CO)C3)C2=O)cc1. The second-order valence-corrected chi connectivity index (χ2v) is 7.77. The molecule has 2 aliphatic rings. The van der Waals surface area contributed by atoms with E-state index in [2.05, 4.69) is 0 Å². The number of nitro benzene ring substituents is 1. The number of rotatable bonds is 5. The summed E-state index contributed by atoms with van der Waals surface area (Å²) >= 11 is 0. The van der Waals surface area contributed by atoms with Crippen molar-refractivity contribution in [1.29, 1.82) is 5.26 Å². The summed E-state index contributed by atoms with van der Waals surface area (Å²) in [5.74, 6) is -1.04. The number of aliphatic hydroxyl groups is 1. The predicted molar refractivity (Wildman–Crippen MR) is 115 cm³/mol. The van der Waals surface area contributed by atoms with E-state index in [4.69, 9.17) is 5.26 Å². The van der Waals surface area contributed by atoms with Gasteiger partial charge in [-0.25, -0.2) is 4.90 Å². The molecular weight excluding hydrogens is 412 g/mol. The van der Waals surface area contributed by atoms with Crippen molar-refractivity contribution in [3.8, 4) is 6.07 Å². The summed E-state index contributed by atoms with van der Waals surface area (Å²) in [6.45, 7) is 0.975. The maximum absolute atomic E-state index is 13.5. The van der Waals surface area contributed by atoms with Gasteiger partial charge in [0.05, 0.1) is 27.8 Å². The van der Waals surface area contributed by atoms with Gasteiger partial charge in [-0.2, -0.15) is 5.26 Å². The van der Waals surface area contributed by atoms with Crippen molar-refractivity contribution in [3.63, 3.8) is 0 Å². The third-order valence-electron chi connectivity index (χ3n) is 5.77. The molecule has 32 heavy (non-hydrogen) atoms. The lowest BCUT2D eigenvalue weighted by Crippen LogP contribution is -2.40. The van der Waals surface area contributed by atoms with Crippen molar-refractivity contribution in [2.75, 3.05) is 24.6 Å². The highest BCUT2D eigenvalue weighted by Gasteiger charge is 2.43. The number of hydrogen-bond donors (Lipinski definition) is 1. The standard InChI is InChI=1S/C23H20N4O5/c24-12-15-3-7-18(8-4-15)26-22(29)20(17-5-9-19(10-6-17)27(31)32)21(23(26)30)25-11-1-2-16(13-25)14-28/h3-10,16,28H,1-2,11,13-14H2. The van der Waals surface area contributed by atoms with Crippen LogP contribution in [-0.4, -0.2) is 46.4 Å². The quantitative estimate of drug-likeness (QED) is 0.437. The molecule has 162 valence electrons. The van der Waals surface area contributed by atoms with E-state index >= 15 is 0 Å². The number of nitriles is 1. The highest BCUT2D eigenvalue weighted by atomic mass is 16.6. The lowest BCUT2D eigenvalue weighted by atomic mass is 9.97. The van der Waals surface area contributed by atoms with Gasteiger partial charge in [-0.1, -0.05) is 0 Å². The number of amides is 2. The Balaban J connectivity index is 1.80. The topological polar surface area (TPSA) is 128 Å². The van der Waals surface area contributed by atoms with Gasteiger partial charge in [0.1, 0.15) is 5.70 Å². The van der Waals surface area contributed by atoms with Gasteiger partial charge in [0.25, 0.3) is 17.5 Å². The molecule has 1 saturated heterocycles. The van der Waals surface area contributed by atoms with Crippen LogP contribution in [0.25, 0.3) is 5.57 Å². The number of nitro groups is 1. The first kappa shape index (κ1) is 21.2. The van der Waals surface area contributed by atoms with Gasteiger partial charge >= 0.3 is 0 Å². The molecule has 0 saturated carbocycles. The van der Waals surface area contributed by atoms with Gasteiger partial charge in [-0.05, 0) is 60.7 Å². The third-order valence-corrected chi connectivity index (χ3v) is 5.77. The molecule has 2 aromatic carbocycles. The molecule has 2 amide bonds. The number of anilines is 1. The van der Waals surface area contributed by atoms with Crippen LogP contribution < -0.4 is 4.90 Å². The van der Waals surface area contributed by atoms with E-state index in [1.807, 2.05) is 11.0 Å². The predicted octanol–water partition coefficient (Wildman–Crippen LogP) is 2.46. The molecule has 0 aliphatic carbocycles. The van der Waals surface area contributed by atoms with Crippen molar-refractivity contribution < 1.29 is 19.6 Å². The zero-order chi connectivity index (χ0) is 22.8. The molecule has 0 spiro atoms. The molecule has 1 fully saturated rings. The second kappa shape index (κ2) is 8.61. The molecule has 2 aliphatic heterocycles. The number of benzene rings is 2. The van der Waals surface area contributed by atoms with Crippen LogP contribution in [0.1, 0.15) is 24.0 Å². The van der Waals surface area contributed by atoms with Crippen LogP contribution in [0.3, 0.4) is 0 Å². The first-order chi connectivity index (χ1) is 15.4. The Morgan fingerprint density at radius 2 is 1.78 bits per heavy atom. The average molecular weight is 432 g/mol. The Labute approximate surface area is 183 Å². The number of non-ortho nitro benzene ring substituents is 1. The monoisotopic (exact) mass is 432 g/mol. The summed E-state index contributed by atoms with van der Waals surface area (Å²) in [6.07, 6.45) is 1.59. The number of carbonyl (C=O) groups is 2. The highest BCUT2D eigenvalue weighted by Crippen LogP contribution is 2.37. The Kier molecular flexibility index (Phi) is 5.71. The molecule has 2 aromatic rings. The summed E-state index contributed by atoms with van der Waals surface area (Å²) in [5, 5.41) is 29.7. The maximum atomic E-state index is 13.5. The third kappa shape index (κ3) is 3.72. The van der Waals surface area contributed by atoms with Crippen molar-refractivity contribution in [2.24, 2.45) is 5.92 Å². The van der Waals surface area contributed by atoms with E-state index < -0.39 is 16.7 Å². The van der Waals surface area contributed by atoms with E-state index in [9.17, 15) is 24.8 Å². The fourth-order valence-electron chi connectivity index (χ4n) is 4.16. The number of piperidine rings is 1. The Morgan fingerprint density at radius 3 is 2.38 bits per heavy atom. The molecule has 1 N–H and O–H groups in total. The van der Waals surface area contributed by atoms with Crippen LogP contribution in [-0.2, 0) is 9.59 Å². The van der Waals surface area contributed by atoms with Crippen molar-refractivity contribution in [3.05, 3.63) is 75.5 Å². The summed E-state index contributed by atoms with van der Waals surface area (Å²) in [4.78, 5) is 40.4. The Hall–Kier alpha value is -4.03. The average Bonchev–Trinajstić information content (AvgIpc) is 3.09. The molecule has 4 rings (SSSR count). The molecule has 0 radical (unpaired) electrons. The smallest absolute Gasteiger partial charge is 0.282 e. The summed E-state index contributed by atoms with van der Waals surface area (Å²) in [5.41, 5.74) is 1.43. The minimum absolute atomic E-state index is 0.0128. The second-order valence-electron chi connectivity index (χ2n) is 7.77. The van der Waals surface area contributed by atoms with Crippen molar-refractivity contribution >= 4 is 28.8 Å². The van der Waals surface area contributed by atoms with E-state index in [1.54, 1.807) is 0 Å². The normalized spacial score (nSPS) is 18.8. The molecule has 1 unspecified atom stereocenters. The van der Waals surface area contributed by atoms with Gasteiger partial charge < -0.3 is 10.0 Å². The first-order valence-electron chi connectivity index (χ1n) is 10.2. The van der Waals surface area contributed by atoms with Crippen LogP contribution in [0.5, 0.6) is 0 Å². The number of aliphatic hydroxyl groups excluding tert-OH is 1. The van der Waals surface area contributed by atoms with E-state index in [-0.39, 0.29) is 29.5 Å². The molecule has 0 aromatic heterocycles. The minimum atomic E-state index is -0.533. The molecule has 1 atom stereocenters. The fraction of sp³-hybridized carbons (Fsp3) is 0.261. The fourth-order valence-corrected chi connectivity index (χ4v) is 4.16. The van der Waals surface area contributed by atoms with Crippen LogP contribution >= 0.6 is 0 Å². The van der Waals surface area contributed by atoms with Crippen molar-refractivity contribution in [2.45, 2.75) is 12.8 Å².